The molecule has 1 saturated carbocycles. The Morgan fingerprint density at radius 1 is 0.758 bits per heavy atom. The summed E-state index contributed by atoms with van der Waals surface area (Å²) in [5.41, 5.74) is 4.10. The van der Waals surface area contributed by atoms with Gasteiger partial charge in [0.05, 0.1) is 29.9 Å². The fraction of sp³-hybridized carbons (Fsp3) is 0.442. The predicted octanol–water partition coefficient (Wildman–Crippen LogP) is 11.2. The number of aryl methyl sites for hydroxylation is 1. The molecule has 2 aromatic carbocycles. The van der Waals surface area contributed by atoms with Crippen LogP contribution in [0.2, 0.25) is 0 Å². The lowest BCUT2D eigenvalue weighted by Crippen LogP contribution is -2.38. The van der Waals surface area contributed by atoms with Crippen LogP contribution in [0, 0.1) is 18.8 Å². The highest BCUT2D eigenvalue weighted by Gasteiger charge is 2.39. The average Bonchev–Trinajstić information content (AvgIpc) is 4.19. The Labute approximate surface area is 403 Å². The van der Waals surface area contributed by atoms with Gasteiger partial charge in [0.1, 0.15) is 6.10 Å². The number of thioether (sulfide) groups is 2. The third-order valence-electron chi connectivity index (χ3n) is 11.6. The van der Waals surface area contributed by atoms with Gasteiger partial charge >= 0.3 is 12.2 Å². The number of piperidine rings is 1. The normalized spacial score (nSPS) is 17.9. The highest BCUT2D eigenvalue weighted by atomic mass is 79.9. The molecule has 7 heterocycles. The number of anilines is 1. The van der Waals surface area contributed by atoms with E-state index < -0.39 is 12.0 Å². The number of hydrogen-bond donors (Lipinski definition) is 1. The van der Waals surface area contributed by atoms with Gasteiger partial charge in [0.15, 0.2) is 9.74 Å². The molecule has 0 spiro atoms. The number of imidazole rings is 2. The van der Waals surface area contributed by atoms with Crippen molar-refractivity contribution in [2.45, 2.75) is 93.4 Å². The van der Waals surface area contributed by atoms with Crippen LogP contribution < -0.4 is 9.64 Å². The van der Waals surface area contributed by atoms with Crippen molar-refractivity contribution in [3.63, 3.8) is 0 Å². The van der Waals surface area contributed by atoms with E-state index in [1.165, 1.54) is 32.5 Å². The lowest BCUT2D eigenvalue weighted by molar-refractivity contribution is -0.146. The molecule has 1 aliphatic carbocycles. The van der Waals surface area contributed by atoms with Gasteiger partial charge in [0.2, 0.25) is 15.8 Å². The summed E-state index contributed by atoms with van der Waals surface area (Å²) in [6.07, 6.45) is 8.13. The quantitative estimate of drug-likeness (QED) is 0.128. The molecule has 1 saturated heterocycles. The largest absolute Gasteiger partial charge is 0.466 e. The van der Waals surface area contributed by atoms with Crippen molar-refractivity contribution in [2.24, 2.45) is 11.8 Å². The number of alkyl halides is 3. The maximum Gasteiger partial charge on any atom is 0.455 e. The Morgan fingerprint density at radius 2 is 1.33 bits per heavy atom. The van der Waals surface area contributed by atoms with Gasteiger partial charge in [0.25, 0.3) is 11.0 Å². The number of benzene rings is 2. The van der Waals surface area contributed by atoms with Crippen LogP contribution in [0.25, 0.3) is 32.4 Å². The van der Waals surface area contributed by atoms with Crippen molar-refractivity contribution < 1.29 is 32.1 Å². The van der Waals surface area contributed by atoms with E-state index in [0.29, 0.717) is 35.8 Å². The zero-order valence-corrected chi connectivity index (χ0v) is 41.4. The number of nitrogens with zero attached hydrogens (tertiary/aromatic N) is 11. The summed E-state index contributed by atoms with van der Waals surface area (Å²) in [6, 6.07) is 17.4. The predicted molar refractivity (Wildman–Crippen MR) is 254 cm³/mol. The number of hydrogen-bond acceptors (Lipinski definition) is 17. The van der Waals surface area contributed by atoms with Crippen molar-refractivity contribution in [3.05, 3.63) is 82.4 Å². The topological polar surface area (TPSA) is 171 Å². The molecule has 1 N–H and O–H groups in total. The molecule has 66 heavy (non-hydrogen) atoms. The molecule has 2 unspecified atom stereocenters. The van der Waals surface area contributed by atoms with E-state index in [2.05, 4.69) is 129 Å². The highest BCUT2D eigenvalue weighted by molar-refractivity contribution is 9.11. The maximum atomic E-state index is 12.3. The van der Waals surface area contributed by atoms with E-state index in [9.17, 15) is 18.3 Å². The Hall–Kier alpha value is -4.55. The van der Waals surface area contributed by atoms with Crippen LogP contribution in [0.15, 0.2) is 83.7 Å². The minimum Gasteiger partial charge on any atom is -0.466 e. The van der Waals surface area contributed by atoms with Crippen LogP contribution in [0.3, 0.4) is 0 Å². The lowest BCUT2D eigenvalue weighted by Gasteiger charge is -2.33. The zero-order chi connectivity index (χ0) is 46.5. The standard InChI is InChI=1S/C21H24N6O2S2.C11H8BrN3S2.C11H15F3N2O2/c1-13(15-8-10-26(11-9-15)19-22-14(2)25-29-19)28-21-24-27-12-18(23-20(27)31-21)16-4-6-17(30-3)7-5-16;1-16-8-4-2-7(3-5-8)9-6-15-11(13-9)17-10(12)14-15;1-6(17)7-2-4-8(5-3-7)9-15-10(16-18-9)11(12,13)14/h4-7,12-13,15H,8-11H2,1-3H3;2-6H,1H3;6-8,17H,2-5H2,1H3. The smallest absolute Gasteiger partial charge is 0.455 e. The van der Waals surface area contributed by atoms with Gasteiger partial charge in [-0.1, -0.05) is 45.9 Å². The molecular formula is C43H47BrF3N11O4S4. The van der Waals surface area contributed by atoms with Crippen molar-refractivity contribution in [3.8, 4) is 27.7 Å². The Morgan fingerprint density at radius 3 is 1.82 bits per heavy atom. The monoisotopic (exact) mass is 1050 g/mol. The molecule has 0 bridgehead atoms. The van der Waals surface area contributed by atoms with Crippen molar-refractivity contribution in [1.29, 1.82) is 0 Å². The summed E-state index contributed by atoms with van der Waals surface area (Å²) in [7, 11) is 0. The third-order valence-corrected chi connectivity index (χ3v) is 15.2. The Balaban J connectivity index is 0.000000145. The Kier molecular flexibility index (Phi) is 15.4. The number of aromatic nitrogens is 10. The summed E-state index contributed by atoms with van der Waals surface area (Å²) in [5.74, 6) is 0.0705. The van der Waals surface area contributed by atoms with Crippen LogP contribution in [0.5, 0.6) is 5.19 Å². The van der Waals surface area contributed by atoms with Gasteiger partial charge < -0.3 is 23.8 Å². The summed E-state index contributed by atoms with van der Waals surface area (Å²) in [4.78, 5) is 23.4. The second kappa shape index (κ2) is 21.2. The number of ether oxygens (including phenoxy) is 1. The molecule has 0 amide bonds. The molecule has 0 radical (unpaired) electrons. The third kappa shape index (κ3) is 11.8. The lowest BCUT2D eigenvalue weighted by atomic mass is 9.80. The molecule has 2 fully saturated rings. The fourth-order valence-corrected chi connectivity index (χ4v) is 10.6. The van der Waals surface area contributed by atoms with E-state index in [-0.39, 0.29) is 29.9 Å². The van der Waals surface area contributed by atoms with Gasteiger partial charge in [-0.05, 0) is 135 Å². The van der Waals surface area contributed by atoms with E-state index in [0.717, 1.165) is 75.1 Å². The first-order valence-electron chi connectivity index (χ1n) is 21.2. The molecule has 8 aromatic rings. The number of aliphatic hydroxyl groups is 1. The summed E-state index contributed by atoms with van der Waals surface area (Å²) in [5, 5.41) is 25.8. The second-order valence-corrected chi connectivity index (χ2v) is 20.9. The van der Waals surface area contributed by atoms with Crippen molar-refractivity contribution in [2.75, 3.05) is 30.5 Å². The first kappa shape index (κ1) is 47.9. The van der Waals surface area contributed by atoms with Gasteiger partial charge in [0, 0.05) is 39.9 Å². The molecule has 23 heteroatoms. The minimum atomic E-state index is -4.56. The maximum absolute atomic E-state index is 12.3. The first-order chi connectivity index (χ1) is 31.7. The van der Waals surface area contributed by atoms with E-state index in [1.54, 1.807) is 35.0 Å². The van der Waals surface area contributed by atoms with Crippen molar-refractivity contribution in [1.82, 2.24) is 49.5 Å². The summed E-state index contributed by atoms with van der Waals surface area (Å²) < 4.78 is 57.6. The number of fused-ring (bicyclic) bond motifs is 2. The van der Waals surface area contributed by atoms with E-state index >= 15 is 0 Å². The van der Waals surface area contributed by atoms with Crippen LogP contribution in [0.4, 0.5) is 19.2 Å². The molecule has 6 aromatic heterocycles. The summed E-state index contributed by atoms with van der Waals surface area (Å²) >= 11 is 9.83. The van der Waals surface area contributed by atoms with Crippen LogP contribution in [-0.4, -0.2) is 92.4 Å². The SMILES string of the molecule is CC(O)C1CCC(c2nc(C(F)(F)F)no2)CC1.CSc1ccc(-c2cn3nc(Br)sc3n2)cc1.CSc1ccc(-c2cn3nc(OC(C)C4CCN(c5nc(C)no5)CC4)sc3n2)cc1. The highest BCUT2D eigenvalue weighted by Crippen LogP contribution is 2.38. The molecule has 1 aliphatic heterocycles. The first-order valence-corrected chi connectivity index (χ1v) is 26.1. The van der Waals surface area contributed by atoms with Crippen LogP contribution >= 0.6 is 62.1 Å². The Bertz CT molecular complexity index is 2730. The molecule has 2 aliphatic rings. The van der Waals surface area contributed by atoms with E-state index in [4.69, 9.17) is 14.2 Å². The van der Waals surface area contributed by atoms with Gasteiger partial charge in [-0.3, -0.25) is 0 Å². The molecule has 2 atom stereocenters. The molecule has 15 nitrogen and oxygen atoms in total. The van der Waals surface area contributed by atoms with E-state index in [1.807, 2.05) is 23.8 Å². The average molecular weight is 1050 g/mol. The van der Waals surface area contributed by atoms with Crippen LogP contribution in [-0.2, 0) is 6.18 Å². The summed E-state index contributed by atoms with van der Waals surface area (Å²) in [6.45, 7) is 7.48. The number of halogens is 4. The van der Waals surface area contributed by atoms with Gasteiger partial charge in [-0.25, -0.2) is 19.0 Å². The molecule has 10 rings (SSSR count). The van der Waals surface area contributed by atoms with Crippen molar-refractivity contribution >= 4 is 78.1 Å². The fourth-order valence-electron chi connectivity index (χ4n) is 7.80. The second-order valence-electron chi connectivity index (χ2n) is 16.0. The zero-order valence-electron chi connectivity index (χ0n) is 36.6. The van der Waals surface area contributed by atoms with Crippen LogP contribution in [0.1, 0.15) is 75.8 Å². The number of rotatable bonds is 10. The minimum absolute atomic E-state index is 0.0615. The molecule has 350 valence electrons. The number of aliphatic hydroxyl groups excluding tert-OH is 1. The van der Waals surface area contributed by atoms with Gasteiger partial charge in [-0.2, -0.15) is 23.1 Å². The molecular weight excluding hydrogens is 1000 g/mol. The van der Waals surface area contributed by atoms with Gasteiger partial charge in [-0.15, -0.1) is 33.7 Å².